The summed E-state index contributed by atoms with van der Waals surface area (Å²) in [5.41, 5.74) is -7.56. The lowest BCUT2D eigenvalue weighted by Gasteiger charge is -2.29. The summed E-state index contributed by atoms with van der Waals surface area (Å²) in [7, 11) is -5.59. The zero-order chi connectivity index (χ0) is 23.1. The fourth-order valence-electron chi connectivity index (χ4n) is 3.03. The maximum atomic E-state index is 14.4. The van der Waals surface area contributed by atoms with E-state index in [2.05, 4.69) is 0 Å². The molecule has 1 aliphatic rings. The minimum absolute atomic E-state index is 0.0150. The van der Waals surface area contributed by atoms with Crippen LogP contribution in [0.15, 0.2) is 30.3 Å². The second kappa shape index (κ2) is 7.76. The summed E-state index contributed by atoms with van der Waals surface area (Å²) < 4.78 is 89.1. The van der Waals surface area contributed by atoms with Gasteiger partial charge in [0.15, 0.2) is 0 Å². The molecule has 0 aromatic heterocycles. The number of rotatable bonds is 5. The fourth-order valence-corrected chi connectivity index (χ4v) is 3.59. The van der Waals surface area contributed by atoms with E-state index in [1.807, 2.05) is 0 Å². The molecule has 0 bridgehead atoms. The number of nitro groups is 1. The summed E-state index contributed by atoms with van der Waals surface area (Å²) in [6.45, 7) is -0.111. The third-order valence-electron chi connectivity index (χ3n) is 4.49. The molecule has 0 unspecified atom stereocenters. The molecule has 1 heterocycles. The highest BCUT2D eigenvalue weighted by molar-refractivity contribution is 7.93. The minimum Gasteiger partial charge on any atom is -0.334 e. The van der Waals surface area contributed by atoms with Crippen molar-refractivity contribution >= 4 is 27.3 Å². The van der Waals surface area contributed by atoms with Gasteiger partial charge in [0.05, 0.1) is 10.5 Å². The van der Waals surface area contributed by atoms with Crippen LogP contribution in [-0.4, -0.2) is 36.2 Å². The molecule has 2 aromatic carbocycles. The second-order valence-electron chi connectivity index (χ2n) is 6.54. The van der Waals surface area contributed by atoms with Crippen molar-refractivity contribution in [3.63, 3.8) is 0 Å². The fraction of sp³-hybridized carbons (Fsp3) is 0.235. The molecule has 0 fully saturated rings. The Morgan fingerprint density at radius 3 is 2.32 bits per heavy atom. The van der Waals surface area contributed by atoms with Crippen LogP contribution in [0.5, 0.6) is 0 Å². The average molecular weight is 465 g/mol. The van der Waals surface area contributed by atoms with Crippen LogP contribution in [0.25, 0.3) is 0 Å². The Morgan fingerprint density at radius 2 is 1.77 bits per heavy atom. The molecule has 0 saturated heterocycles. The molecule has 0 spiro atoms. The standard InChI is InChI=1S/C17H12F5N3O5S/c18-12-7-10-5-6-24(16(26)13(10)14(19)15(12)25(27)28)8-9-1-3-11(4-2-9)23-31(29,30)17(20,21)22/h1-4,7,23H,5-6,8H2. The molecular formula is C17H12F5N3O5S. The van der Waals surface area contributed by atoms with Crippen LogP contribution >= 0.6 is 0 Å². The van der Waals surface area contributed by atoms with Crippen LogP contribution < -0.4 is 4.72 Å². The van der Waals surface area contributed by atoms with Crippen LogP contribution in [0.4, 0.5) is 33.3 Å². The Hall–Kier alpha value is -3.29. The first-order chi connectivity index (χ1) is 14.3. The number of amides is 1. The maximum absolute atomic E-state index is 14.4. The topological polar surface area (TPSA) is 110 Å². The monoisotopic (exact) mass is 465 g/mol. The van der Waals surface area contributed by atoms with Crippen LogP contribution in [0, 0.1) is 21.7 Å². The molecule has 3 rings (SSSR count). The van der Waals surface area contributed by atoms with Gasteiger partial charge in [-0.2, -0.15) is 30.4 Å². The lowest BCUT2D eigenvalue weighted by atomic mass is 9.96. The van der Waals surface area contributed by atoms with Crippen molar-refractivity contribution in [1.29, 1.82) is 0 Å². The first kappa shape index (κ1) is 22.4. The number of carbonyl (C=O) groups is 1. The molecule has 0 radical (unpaired) electrons. The van der Waals surface area contributed by atoms with E-state index < -0.39 is 49.2 Å². The third kappa shape index (κ3) is 4.28. The van der Waals surface area contributed by atoms with E-state index >= 15 is 0 Å². The smallest absolute Gasteiger partial charge is 0.334 e. The zero-order valence-corrected chi connectivity index (χ0v) is 16.1. The molecular weight excluding hydrogens is 453 g/mol. The van der Waals surface area contributed by atoms with Crippen LogP contribution in [0.1, 0.15) is 21.5 Å². The molecule has 0 saturated carbocycles. The van der Waals surface area contributed by atoms with Gasteiger partial charge < -0.3 is 4.90 Å². The van der Waals surface area contributed by atoms with E-state index in [0.717, 1.165) is 23.1 Å². The Bertz CT molecular complexity index is 1170. The lowest BCUT2D eigenvalue weighted by molar-refractivity contribution is -0.390. The summed E-state index contributed by atoms with van der Waals surface area (Å²) in [6.07, 6.45) is 0.0242. The molecule has 0 aliphatic carbocycles. The van der Waals surface area contributed by atoms with Gasteiger partial charge in [-0.15, -0.1) is 0 Å². The summed E-state index contributed by atoms with van der Waals surface area (Å²) in [4.78, 5) is 23.4. The van der Waals surface area contributed by atoms with Gasteiger partial charge in [-0.1, -0.05) is 12.1 Å². The highest BCUT2D eigenvalue weighted by Gasteiger charge is 2.46. The number of anilines is 1. The van der Waals surface area contributed by atoms with E-state index in [4.69, 9.17) is 0 Å². The molecule has 14 heteroatoms. The SMILES string of the molecule is O=C1c2c(cc(F)c([N+](=O)[O-])c2F)CCN1Cc1ccc(NS(=O)(=O)C(F)(F)F)cc1. The van der Waals surface area contributed by atoms with Gasteiger partial charge in [0, 0.05) is 18.8 Å². The van der Waals surface area contributed by atoms with E-state index in [1.165, 1.54) is 16.9 Å². The third-order valence-corrected chi connectivity index (χ3v) is 5.61. The van der Waals surface area contributed by atoms with Gasteiger partial charge in [-0.3, -0.25) is 19.6 Å². The number of carbonyl (C=O) groups excluding carboxylic acids is 1. The lowest BCUT2D eigenvalue weighted by Crippen LogP contribution is -2.38. The predicted octanol–water partition coefficient (Wildman–Crippen LogP) is 3.33. The number of nitro benzene ring substituents is 1. The van der Waals surface area contributed by atoms with Gasteiger partial charge in [0.2, 0.25) is 11.6 Å². The van der Waals surface area contributed by atoms with E-state index in [0.29, 0.717) is 5.56 Å². The first-order valence-electron chi connectivity index (χ1n) is 8.44. The van der Waals surface area contributed by atoms with Gasteiger partial charge in [0.1, 0.15) is 0 Å². The number of hydrogen-bond donors (Lipinski definition) is 1. The van der Waals surface area contributed by atoms with Gasteiger partial charge in [0.25, 0.3) is 5.91 Å². The van der Waals surface area contributed by atoms with Crippen molar-refractivity contribution in [2.45, 2.75) is 18.5 Å². The summed E-state index contributed by atoms with van der Waals surface area (Å²) in [5.74, 6) is -3.88. The number of alkyl halides is 3. The van der Waals surface area contributed by atoms with E-state index in [9.17, 15) is 45.3 Å². The Balaban J connectivity index is 1.81. The number of halogens is 5. The molecule has 2 aromatic rings. The van der Waals surface area contributed by atoms with Crippen LogP contribution in [0.2, 0.25) is 0 Å². The largest absolute Gasteiger partial charge is 0.516 e. The predicted molar refractivity (Wildman–Crippen MR) is 96.5 cm³/mol. The molecule has 1 amide bonds. The summed E-state index contributed by atoms with van der Waals surface area (Å²) in [6, 6.07) is 5.33. The number of hydrogen-bond acceptors (Lipinski definition) is 5. The molecule has 1 N–H and O–H groups in total. The number of fused-ring (bicyclic) bond motifs is 1. The first-order valence-corrected chi connectivity index (χ1v) is 9.92. The number of nitrogens with zero attached hydrogens (tertiary/aromatic N) is 2. The Morgan fingerprint density at radius 1 is 1.16 bits per heavy atom. The molecule has 1 aliphatic heterocycles. The Labute approximate surface area is 171 Å². The molecule has 31 heavy (non-hydrogen) atoms. The quantitative estimate of drug-likeness (QED) is 0.414. The van der Waals surface area contributed by atoms with Crippen LogP contribution in [0.3, 0.4) is 0 Å². The number of sulfonamides is 1. The highest BCUT2D eigenvalue weighted by atomic mass is 32.2. The summed E-state index contributed by atoms with van der Waals surface area (Å²) >= 11 is 0. The van der Waals surface area contributed by atoms with Gasteiger partial charge >= 0.3 is 21.2 Å². The van der Waals surface area contributed by atoms with Crippen molar-refractivity contribution in [3.05, 3.63) is 68.8 Å². The van der Waals surface area contributed by atoms with E-state index in [1.54, 1.807) is 0 Å². The van der Waals surface area contributed by atoms with Crippen LogP contribution in [-0.2, 0) is 23.0 Å². The van der Waals surface area contributed by atoms with Crippen molar-refractivity contribution < 1.29 is 40.1 Å². The number of benzene rings is 2. The van der Waals surface area contributed by atoms with E-state index in [-0.39, 0.29) is 30.8 Å². The number of nitrogens with one attached hydrogen (secondary N) is 1. The average Bonchev–Trinajstić information content (AvgIpc) is 2.63. The maximum Gasteiger partial charge on any atom is 0.516 e. The van der Waals surface area contributed by atoms with Crippen molar-refractivity contribution in [2.24, 2.45) is 0 Å². The Kier molecular flexibility index (Phi) is 5.60. The molecule has 8 nitrogen and oxygen atoms in total. The van der Waals surface area contributed by atoms with Gasteiger partial charge in [-0.05, 0) is 35.7 Å². The highest BCUT2D eigenvalue weighted by Crippen LogP contribution is 2.32. The molecule has 166 valence electrons. The van der Waals surface area contributed by atoms with Crippen molar-refractivity contribution in [3.8, 4) is 0 Å². The van der Waals surface area contributed by atoms with Crippen molar-refractivity contribution in [1.82, 2.24) is 4.90 Å². The minimum atomic E-state index is -5.59. The van der Waals surface area contributed by atoms with Gasteiger partial charge in [-0.25, -0.2) is 0 Å². The zero-order valence-electron chi connectivity index (χ0n) is 15.2. The summed E-state index contributed by atoms with van der Waals surface area (Å²) in [5, 5.41) is 10.9. The second-order valence-corrected chi connectivity index (χ2v) is 8.21. The molecule has 0 atom stereocenters. The van der Waals surface area contributed by atoms with Crippen molar-refractivity contribution in [2.75, 3.05) is 11.3 Å². The normalized spacial score (nSPS) is 14.4.